The predicted molar refractivity (Wildman–Crippen MR) is 58.7 cm³/mol. The van der Waals surface area contributed by atoms with Gasteiger partial charge in [-0.25, -0.2) is 4.79 Å². The van der Waals surface area contributed by atoms with Crippen LogP contribution in [0, 0.1) is 0 Å². The summed E-state index contributed by atoms with van der Waals surface area (Å²) in [6.45, 7) is 1.97. The molecule has 74 valence electrons. The van der Waals surface area contributed by atoms with Crippen molar-refractivity contribution < 1.29 is 9.90 Å². The quantitative estimate of drug-likeness (QED) is 0.735. The molecule has 0 spiro atoms. The first-order valence-corrected chi connectivity index (χ1v) is 6.37. The Morgan fingerprint density at radius 1 is 1.54 bits per heavy atom. The molecule has 0 radical (unpaired) electrons. The van der Waals surface area contributed by atoms with Crippen LogP contribution in [0.5, 0.6) is 0 Å². The summed E-state index contributed by atoms with van der Waals surface area (Å²) in [5, 5.41) is 8.82. The monoisotopic (exact) mass is 219 g/mol. The maximum Gasteiger partial charge on any atom is 0.349 e. The summed E-state index contributed by atoms with van der Waals surface area (Å²) in [4.78, 5) is 14.9. The van der Waals surface area contributed by atoms with Gasteiger partial charge in [-0.15, -0.1) is 23.5 Å². The minimum atomic E-state index is -0.866. The number of carbonyl (C=O) groups is 1. The largest absolute Gasteiger partial charge is 0.477 e. The standard InChI is InChI=1S/C8H13NO2S2/c1-2-3-6(7(10)11)9-8-12-4-5-13-8/h8H,2-5H2,1H3,(H,10,11). The highest BCUT2D eigenvalue weighted by molar-refractivity contribution is 8.20. The van der Waals surface area contributed by atoms with Gasteiger partial charge in [0.1, 0.15) is 10.4 Å². The first kappa shape index (κ1) is 10.9. The van der Waals surface area contributed by atoms with Crippen LogP contribution in [0.3, 0.4) is 0 Å². The van der Waals surface area contributed by atoms with Crippen molar-refractivity contribution in [2.24, 2.45) is 4.99 Å². The van der Waals surface area contributed by atoms with Gasteiger partial charge in [0, 0.05) is 11.5 Å². The molecule has 5 heteroatoms. The second kappa shape index (κ2) is 5.54. The lowest BCUT2D eigenvalue weighted by Gasteiger charge is -2.03. The van der Waals surface area contributed by atoms with E-state index >= 15 is 0 Å². The van der Waals surface area contributed by atoms with Crippen LogP contribution < -0.4 is 0 Å². The molecule has 1 heterocycles. The topological polar surface area (TPSA) is 49.7 Å². The van der Waals surface area contributed by atoms with Crippen LogP contribution in [0.25, 0.3) is 0 Å². The number of thioether (sulfide) groups is 2. The van der Waals surface area contributed by atoms with E-state index in [4.69, 9.17) is 5.11 Å². The smallest absolute Gasteiger partial charge is 0.349 e. The lowest BCUT2D eigenvalue weighted by atomic mass is 10.2. The Morgan fingerprint density at radius 3 is 2.62 bits per heavy atom. The molecular weight excluding hydrogens is 206 g/mol. The minimum absolute atomic E-state index is 0.123. The van der Waals surface area contributed by atoms with E-state index in [0.717, 1.165) is 17.9 Å². The molecule has 0 aromatic rings. The zero-order chi connectivity index (χ0) is 9.68. The van der Waals surface area contributed by atoms with Crippen LogP contribution in [-0.4, -0.2) is 33.0 Å². The van der Waals surface area contributed by atoms with E-state index in [2.05, 4.69) is 4.99 Å². The van der Waals surface area contributed by atoms with Crippen LogP contribution >= 0.6 is 23.5 Å². The molecule has 0 aliphatic carbocycles. The van der Waals surface area contributed by atoms with Crippen LogP contribution in [0.1, 0.15) is 19.8 Å². The summed E-state index contributed by atoms with van der Waals surface area (Å²) in [5.74, 6) is 1.30. The fourth-order valence-corrected chi connectivity index (χ4v) is 3.55. The average molecular weight is 219 g/mol. The van der Waals surface area contributed by atoms with Crippen LogP contribution in [0.4, 0.5) is 0 Å². The van der Waals surface area contributed by atoms with E-state index < -0.39 is 5.97 Å². The highest BCUT2D eigenvalue weighted by Gasteiger charge is 2.17. The van der Waals surface area contributed by atoms with Gasteiger partial charge >= 0.3 is 5.97 Å². The van der Waals surface area contributed by atoms with Crippen molar-refractivity contribution in [3.05, 3.63) is 0 Å². The number of carboxylic acid groups (broad SMARTS) is 1. The number of rotatable bonds is 4. The molecule has 1 saturated heterocycles. The van der Waals surface area contributed by atoms with Gasteiger partial charge in [0.2, 0.25) is 0 Å². The van der Waals surface area contributed by atoms with Gasteiger partial charge in [0.05, 0.1) is 0 Å². The maximum atomic E-state index is 10.7. The normalized spacial score (nSPS) is 19.3. The van der Waals surface area contributed by atoms with Gasteiger partial charge in [0.25, 0.3) is 0 Å². The molecule has 1 aliphatic heterocycles. The summed E-state index contributed by atoms with van der Waals surface area (Å²) in [5.41, 5.74) is 0.328. The summed E-state index contributed by atoms with van der Waals surface area (Å²) in [6.07, 6.45) is 1.42. The van der Waals surface area contributed by atoms with Gasteiger partial charge in [-0.3, -0.25) is 4.99 Å². The molecule has 1 N–H and O–H groups in total. The summed E-state index contributed by atoms with van der Waals surface area (Å²) < 4.78 is 0.123. The van der Waals surface area contributed by atoms with Crippen molar-refractivity contribution in [2.45, 2.75) is 24.5 Å². The average Bonchev–Trinajstić information content (AvgIpc) is 2.56. The van der Waals surface area contributed by atoms with E-state index in [0.29, 0.717) is 12.1 Å². The van der Waals surface area contributed by atoms with Crippen molar-refractivity contribution in [1.29, 1.82) is 0 Å². The van der Waals surface area contributed by atoms with E-state index in [-0.39, 0.29) is 4.71 Å². The first-order chi connectivity index (χ1) is 6.24. The third-order valence-electron chi connectivity index (χ3n) is 1.60. The van der Waals surface area contributed by atoms with Crippen molar-refractivity contribution in [1.82, 2.24) is 0 Å². The van der Waals surface area contributed by atoms with E-state index in [9.17, 15) is 4.79 Å². The molecule has 13 heavy (non-hydrogen) atoms. The molecule has 0 atom stereocenters. The molecule has 0 bridgehead atoms. The highest BCUT2D eigenvalue weighted by atomic mass is 32.2. The third-order valence-corrected chi connectivity index (χ3v) is 4.33. The van der Waals surface area contributed by atoms with Gasteiger partial charge in [-0.1, -0.05) is 13.3 Å². The fraction of sp³-hybridized carbons (Fsp3) is 0.750. The van der Waals surface area contributed by atoms with Crippen LogP contribution in [0.2, 0.25) is 0 Å². The number of hydrogen-bond acceptors (Lipinski definition) is 4. The van der Waals surface area contributed by atoms with Crippen molar-refractivity contribution in [3.8, 4) is 0 Å². The molecule has 3 nitrogen and oxygen atoms in total. The van der Waals surface area contributed by atoms with E-state index in [1.165, 1.54) is 0 Å². The molecule has 1 fully saturated rings. The molecule has 0 unspecified atom stereocenters. The molecule has 0 aromatic heterocycles. The van der Waals surface area contributed by atoms with Crippen molar-refractivity contribution >= 4 is 35.2 Å². The van der Waals surface area contributed by atoms with Gasteiger partial charge in [-0.05, 0) is 6.42 Å². The van der Waals surface area contributed by atoms with Gasteiger partial charge < -0.3 is 5.11 Å². The van der Waals surface area contributed by atoms with E-state index in [1.54, 1.807) is 23.5 Å². The van der Waals surface area contributed by atoms with Crippen molar-refractivity contribution in [3.63, 3.8) is 0 Å². The van der Waals surface area contributed by atoms with Crippen LogP contribution in [0.15, 0.2) is 4.99 Å². The zero-order valence-corrected chi connectivity index (χ0v) is 9.16. The minimum Gasteiger partial charge on any atom is -0.477 e. The summed E-state index contributed by atoms with van der Waals surface area (Å²) >= 11 is 3.45. The zero-order valence-electron chi connectivity index (χ0n) is 7.52. The molecular formula is C8H13NO2S2. The SMILES string of the molecule is CCCC(=NC1SCCS1)C(=O)O. The Hall–Kier alpha value is -0.160. The Morgan fingerprint density at radius 2 is 2.15 bits per heavy atom. The Bertz CT molecular complexity index is 212. The van der Waals surface area contributed by atoms with Crippen LogP contribution in [-0.2, 0) is 4.79 Å². The lowest BCUT2D eigenvalue weighted by molar-refractivity contribution is -0.129. The molecule has 1 aliphatic rings. The lowest BCUT2D eigenvalue weighted by Crippen LogP contribution is -2.14. The fourth-order valence-electron chi connectivity index (χ4n) is 1.01. The Labute approximate surface area is 86.4 Å². The number of nitrogens with zero attached hydrogens (tertiary/aromatic N) is 1. The number of hydrogen-bond donors (Lipinski definition) is 1. The Kier molecular flexibility index (Phi) is 4.66. The van der Waals surface area contributed by atoms with Gasteiger partial charge in [0.15, 0.2) is 0 Å². The van der Waals surface area contributed by atoms with Gasteiger partial charge in [-0.2, -0.15) is 0 Å². The maximum absolute atomic E-state index is 10.7. The first-order valence-electron chi connectivity index (χ1n) is 4.27. The number of aliphatic imine (C=N–C) groups is 1. The Balaban J connectivity index is 2.55. The molecule has 0 amide bonds. The highest BCUT2D eigenvalue weighted by Crippen LogP contribution is 2.32. The second-order valence-corrected chi connectivity index (χ2v) is 5.35. The number of aliphatic carboxylic acids is 1. The summed E-state index contributed by atoms with van der Waals surface area (Å²) in [6, 6.07) is 0. The molecule has 0 saturated carbocycles. The number of carboxylic acids is 1. The second-order valence-electron chi connectivity index (χ2n) is 2.68. The van der Waals surface area contributed by atoms with E-state index in [1.807, 2.05) is 6.92 Å². The molecule has 0 aromatic carbocycles. The summed E-state index contributed by atoms with van der Waals surface area (Å²) in [7, 11) is 0. The molecule has 1 rings (SSSR count). The third kappa shape index (κ3) is 3.60. The van der Waals surface area contributed by atoms with Crippen molar-refractivity contribution in [2.75, 3.05) is 11.5 Å². The predicted octanol–water partition coefficient (Wildman–Crippen LogP) is 2.08.